The van der Waals surface area contributed by atoms with Crippen molar-refractivity contribution in [3.63, 3.8) is 0 Å². The minimum atomic E-state index is -4.06. The Bertz CT molecular complexity index is 1190. The fourth-order valence-electron chi connectivity index (χ4n) is 2.66. The van der Waals surface area contributed by atoms with Crippen LogP contribution >= 0.6 is 11.6 Å². The lowest BCUT2D eigenvalue weighted by Gasteiger charge is -2.09. The van der Waals surface area contributed by atoms with Crippen LogP contribution in [0.25, 0.3) is 11.3 Å². The summed E-state index contributed by atoms with van der Waals surface area (Å²) >= 11 is 5.89. The van der Waals surface area contributed by atoms with Crippen molar-refractivity contribution >= 4 is 27.3 Å². The van der Waals surface area contributed by atoms with E-state index in [0.717, 1.165) is 29.5 Å². The largest absolute Gasteiger partial charge is 0.494 e. The number of benzene rings is 2. The van der Waals surface area contributed by atoms with Crippen LogP contribution < -0.4 is 14.2 Å². The van der Waals surface area contributed by atoms with Crippen LogP contribution in [-0.2, 0) is 10.0 Å². The Hall–Kier alpha value is -3.28. The standard InChI is InChI=1S/C20H19ClN4O6S/c1-2-30-16-6-3-14(4-7-16)18-9-10-20(24-23-18)31-12-11-22-32(28,29)19-13-15(25(26)27)5-8-17(19)21/h3-10,13,22H,2,11-12H2,1H3. The van der Waals surface area contributed by atoms with Gasteiger partial charge >= 0.3 is 0 Å². The van der Waals surface area contributed by atoms with Gasteiger partial charge < -0.3 is 9.47 Å². The van der Waals surface area contributed by atoms with Crippen LogP contribution in [0.1, 0.15) is 6.92 Å². The number of nitro groups is 1. The van der Waals surface area contributed by atoms with Crippen LogP contribution in [0.15, 0.2) is 59.5 Å². The summed E-state index contributed by atoms with van der Waals surface area (Å²) in [5.74, 6) is 0.977. The predicted octanol–water partition coefficient (Wildman–Crippen LogP) is 3.46. The number of hydrogen-bond acceptors (Lipinski definition) is 8. The van der Waals surface area contributed by atoms with E-state index in [-0.39, 0.29) is 34.6 Å². The molecule has 0 unspecified atom stereocenters. The number of hydrogen-bond donors (Lipinski definition) is 1. The molecule has 1 aromatic heterocycles. The molecule has 0 aliphatic heterocycles. The molecule has 168 valence electrons. The second-order valence-corrected chi connectivity index (χ2v) is 8.47. The summed E-state index contributed by atoms with van der Waals surface area (Å²) in [6, 6.07) is 13.9. The van der Waals surface area contributed by atoms with E-state index in [4.69, 9.17) is 21.1 Å². The first-order valence-electron chi connectivity index (χ1n) is 9.43. The second kappa shape index (κ2) is 10.4. The highest BCUT2D eigenvalue weighted by atomic mass is 35.5. The third-order valence-electron chi connectivity index (χ3n) is 4.16. The Morgan fingerprint density at radius 2 is 1.81 bits per heavy atom. The Morgan fingerprint density at radius 3 is 2.44 bits per heavy atom. The fourth-order valence-corrected chi connectivity index (χ4v) is 4.19. The maximum Gasteiger partial charge on any atom is 0.270 e. The number of sulfonamides is 1. The van der Waals surface area contributed by atoms with Gasteiger partial charge in [0.2, 0.25) is 15.9 Å². The molecule has 0 saturated heterocycles. The first kappa shape index (κ1) is 23.4. The van der Waals surface area contributed by atoms with Crippen LogP contribution in [-0.4, -0.2) is 43.3 Å². The normalized spacial score (nSPS) is 11.2. The zero-order chi connectivity index (χ0) is 23.1. The first-order valence-corrected chi connectivity index (χ1v) is 11.3. The summed E-state index contributed by atoms with van der Waals surface area (Å²) < 4.78 is 37.9. The van der Waals surface area contributed by atoms with Crippen molar-refractivity contribution in [2.75, 3.05) is 19.8 Å². The molecular weight excluding hydrogens is 460 g/mol. The molecule has 1 N–H and O–H groups in total. The first-order chi connectivity index (χ1) is 15.3. The summed E-state index contributed by atoms with van der Waals surface area (Å²) in [5.41, 5.74) is 1.12. The third-order valence-corrected chi connectivity index (χ3v) is 6.10. The molecule has 1 heterocycles. The topological polar surface area (TPSA) is 134 Å². The van der Waals surface area contributed by atoms with Crippen LogP contribution in [0.2, 0.25) is 5.02 Å². The number of nitro benzene ring substituents is 1. The molecule has 0 amide bonds. The highest BCUT2D eigenvalue weighted by Gasteiger charge is 2.21. The molecule has 0 atom stereocenters. The number of nitrogens with zero attached hydrogens (tertiary/aromatic N) is 3. The van der Waals surface area contributed by atoms with Gasteiger partial charge in [-0.05, 0) is 43.3 Å². The van der Waals surface area contributed by atoms with Gasteiger partial charge in [-0.25, -0.2) is 13.1 Å². The average molecular weight is 479 g/mol. The lowest BCUT2D eigenvalue weighted by molar-refractivity contribution is -0.385. The van der Waals surface area contributed by atoms with Gasteiger partial charge in [-0.2, -0.15) is 0 Å². The van der Waals surface area contributed by atoms with Gasteiger partial charge in [0.15, 0.2) is 0 Å². The van der Waals surface area contributed by atoms with E-state index in [9.17, 15) is 18.5 Å². The Labute approximate surface area is 189 Å². The van der Waals surface area contributed by atoms with E-state index >= 15 is 0 Å². The number of non-ortho nitro benzene ring substituents is 1. The van der Waals surface area contributed by atoms with Crippen molar-refractivity contribution in [2.45, 2.75) is 11.8 Å². The van der Waals surface area contributed by atoms with Crippen molar-refractivity contribution in [3.05, 3.63) is 69.7 Å². The number of aromatic nitrogens is 2. The SMILES string of the molecule is CCOc1ccc(-c2ccc(OCCNS(=O)(=O)c3cc([N+](=O)[O-])ccc3Cl)nn2)cc1. The molecule has 10 nitrogen and oxygen atoms in total. The second-order valence-electron chi connectivity index (χ2n) is 6.33. The van der Waals surface area contributed by atoms with Crippen molar-refractivity contribution in [3.8, 4) is 22.9 Å². The number of nitrogens with one attached hydrogen (secondary N) is 1. The molecule has 0 fully saturated rings. The van der Waals surface area contributed by atoms with E-state index in [2.05, 4.69) is 14.9 Å². The average Bonchev–Trinajstić information content (AvgIpc) is 2.78. The van der Waals surface area contributed by atoms with Crippen LogP contribution in [0, 0.1) is 10.1 Å². The highest BCUT2D eigenvalue weighted by Crippen LogP contribution is 2.26. The van der Waals surface area contributed by atoms with E-state index < -0.39 is 14.9 Å². The number of ether oxygens (including phenoxy) is 2. The van der Waals surface area contributed by atoms with E-state index in [0.29, 0.717) is 12.3 Å². The van der Waals surface area contributed by atoms with Gasteiger partial charge in [-0.1, -0.05) is 11.6 Å². The van der Waals surface area contributed by atoms with Crippen LogP contribution in [0.4, 0.5) is 5.69 Å². The Kier molecular flexibility index (Phi) is 7.57. The molecule has 12 heteroatoms. The monoisotopic (exact) mass is 478 g/mol. The maximum atomic E-state index is 12.4. The molecule has 0 aliphatic rings. The van der Waals surface area contributed by atoms with Gasteiger partial charge in [0.1, 0.15) is 17.3 Å². The summed E-state index contributed by atoms with van der Waals surface area (Å²) in [4.78, 5) is 9.79. The minimum absolute atomic E-state index is 0.0388. The van der Waals surface area contributed by atoms with Gasteiger partial charge in [-0.3, -0.25) is 10.1 Å². The Morgan fingerprint density at radius 1 is 1.06 bits per heavy atom. The summed E-state index contributed by atoms with van der Waals surface area (Å²) in [6.45, 7) is 2.35. The molecule has 3 aromatic rings. The van der Waals surface area contributed by atoms with Crippen molar-refractivity contribution < 1.29 is 22.8 Å². The molecule has 0 aliphatic carbocycles. The van der Waals surface area contributed by atoms with Gasteiger partial charge in [0, 0.05) is 30.3 Å². The van der Waals surface area contributed by atoms with Crippen LogP contribution in [0.3, 0.4) is 0 Å². The van der Waals surface area contributed by atoms with Gasteiger partial charge in [-0.15, -0.1) is 10.2 Å². The molecule has 3 rings (SSSR count). The lowest BCUT2D eigenvalue weighted by Crippen LogP contribution is -2.28. The van der Waals surface area contributed by atoms with E-state index in [1.165, 1.54) is 0 Å². The molecular formula is C20H19ClN4O6S. The summed E-state index contributed by atoms with van der Waals surface area (Å²) in [7, 11) is -4.06. The molecule has 0 spiro atoms. The number of halogens is 1. The van der Waals surface area contributed by atoms with Crippen molar-refractivity contribution in [1.82, 2.24) is 14.9 Å². The van der Waals surface area contributed by atoms with Crippen molar-refractivity contribution in [1.29, 1.82) is 0 Å². The molecule has 32 heavy (non-hydrogen) atoms. The van der Waals surface area contributed by atoms with Crippen LogP contribution in [0.5, 0.6) is 11.6 Å². The zero-order valence-electron chi connectivity index (χ0n) is 16.9. The fraction of sp³-hybridized carbons (Fsp3) is 0.200. The molecule has 0 saturated carbocycles. The van der Waals surface area contributed by atoms with Gasteiger partial charge in [0.25, 0.3) is 5.69 Å². The maximum absolute atomic E-state index is 12.4. The minimum Gasteiger partial charge on any atom is -0.494 e. The quantitative estimate of drug-likeness (QED) is 0.266. The molecule has 0 bridgehead atoms. The summed E-state index contributed by atoms with van der Waals surface area (Å²) in [6.07, 6.45) is 0. The third kappa shape index (κ3) is 5.90. The smallest absolute Gasteiger partial charge is 0.270 e. The lowest BCUT2D eigenvalue weighted by atomic mass is 10.1. The van der Waals surface area contributed by atoms with Crippen molar-refractivity contribution in [2.24, 2.45) is 0 Å². The molecule has 0 radical (unpaired) electrons. The number of rotatable bonds is 10. The Balaban J connectivity index is 1.55. The van der Waals surface area contributed by atoms with E-state index in [1.54, 1.807) is 12.1 Å². The predicted molar refractivity (Wildman–Crippen MR) is 117 cm³/mol. The highest BCUT2D eigenvalue weighted by molar-refractivity contribution is 7.89. The van der Waals surface area contributed by atoms with Gasteiger partial charge in [0.05, 0.1) is 22.2 Å². The van der Waals surface area contributed by atoms with E-state index in [1.807, 2.05) is 31.2 Å². The zero-order valence-corrected chi connectivity index (χ0v) is 18.5. The molecule has 2 aromatic carbocycles. The summed E-state index contributed by atoms with van der Waals surface area (Å²) in [5, 5.41) is 18.8.